The van der Waals surface area contributed by atoms with Crippen LogP contribution in [0.3, 0.4) is 0 Å². The molecule has 0 aliphatic rings. The van der Waals surface area contributed by atoms with Gasteiger partial charge >= 0.3 is 0 Å². The SMILES string of the molecule is C=C(C)n1nccc1F. The minimum Gasteiger partial charge on any atom is -0.212 e. The average Bonchev–Trinajstić information content (AvgIpc) is 2.13. The van der Waals surface area contributed by atoms with Crippen LogP contribution in [-0.4, -0.2) is 9.78 Å². The van der Waals surface area contributed by atoms with Crippen molar-refractivity contribution in [2.24, 2.45) is 0 Å². The van der Waals surface area contributed by atoms with Crippen LogP contribution in [0, 0.1) is 5.95 Å². The monoisotopic (exact) mass is 126 g/mol. The van der Waals surface area contributed by atoms with E-state index in [0.29, 0.717) is 5.70 Å². The molecule has 0 radical (unpaired) electrons. The Balaban J connectivity index is 3.08. The van der Waals surface area contributed by atoms with Gasteiger partial charge in [0, 0.05) is 11.8 Å². The number of aromatic nitrogens is 2. The molecule has 0 saturated carbocycles. The van der Waals surface area contributed by atoms with Gasteiger partial charge in [-0.3, -0.25) is 0 Å². The largest absolute Gasteiger partial charge is 0.215 e. The van der Waals surface area contributed by atoms with Gasteiger partial charge in [-0.2, -0.15) is 9.49 Å². The van der Waals surface area contributed by atoms with Crippen molar-refractivity contribution in [3.8, 4) is 0 Å². The maximum absolute atomic E-state index is 12.4. The zero-order valence-electron chi connectivity index (χ0n) is 5.13. The molecule has 0 aliphatic heterocycles. The van der Waals surface area contributed by atoms with E-state index in [1.807, 2.05) is 0 Å². The Hall–Kier alpha value is -1.12. The zero-order chi connectivity index (χ0) is 6.85. The van der Waals surface area contributed by atoms with Crippen LogP contribution in [0.2, 0.25) is 0 Å². The highest BCUT2D eigenvalue weighted by Crippen LogP contribution is 2.01. The first-order chi connectivity index (χ1) is 4.22. The normalized spacial score (nSPS) is 9.56. The second-order valence-electron chi connectivity index (χ2n) is 1.80. The summed E-state index contributed by atoms with van der Waals surface area (Å²) in [5, 5.41) is 3.66. The van der Waals surface area contributed by atoms with Gasteiger partial charge in [0.05, 0.1) is 6.20 Å². The van der Waals surface area contributed by atoms with Crippen molar-refractivity contribution in [3.05, 3.63) is 24.8 Å². The third kappa shape index (κ3) is 0.988. The van der Waals surface area contributed by atoms with Crippen molar-refractivity contribution in [2.45, 2.75) is 6.92 Å². The molecule has 0 spiro atoms. The van der Waals surface area contributed by atoms with E-state index >= 15 is 0 Å². The molecule has 0 fully saturated rings. The summed E-state index contributed by atoms with van der Waals surface area (Å²) in [5.41, 5.74) is 0.581. The number of nitrogens with zero attached hydrogens (tertiary/aromatic N) is 2. The molecule has 0 atom stereocenters. The molecule has 1 heterocycles. The number of hydrogen-bond acceptors (Lipinski definition) is 1. The summed E-state index contributed by atoms with van der Waals surface area (Å²) >= 11 is 0. The first-order valence-corrected chi connectivity index (χ1v) is 2.57. The Morgan fingerprint density at radius 3 is 2.78 bits per heavy atom. The molecule has 2 nitrogen and oxygen atoms in total. The van der Waals surface area contributed by atoms with Crippen LogP contribution in [0.25, 0.3) is 5.70 Å². The highest BCUT2D eigenvalue weighted by molar-refractivity contribution is 5.35. The topological polar surface area (TPSA) is 17.8 Å². The summed E-state index contributed by atoms with van der Waals surface area (Å²) in [7, 11) is 0. The lowest BCUT2D eigenvalue weighted by atomic mass is 10.6. The molecular formula is C6H7FN2. The molecule has 0 aliphatic carbocycles. The molecule has 48 valence electrons. The zero-order valence-corrected chi connectivity index (χ0v) is 5.13. The van der Waals surface area contributed by atoms with Gasteiger partial charge in [-0.1, -0.05) is 6.58 Å². The minimum atomic E-state index is -0.373. The Kier molecular flexibility index (Phi) is 1.34. The lowest BCUT2D eigenvalue weighted by Gasteiger charge is -1.96. The third-order valence-electron chi connectivity index (χ3n) is 0.958. The molecule has 0 unspecified atom stereocenters. The number of hydrogen-bond donors (Lipinski definition) is 0. The van der Waals surface area contributed by atoms with E-state index in [-0.39, 0.29) is 5.95 Å². The van der Waals surface area contributed by atoms with Gasteiger partial charge in [0.1, 0.15) is 0 Å². The molecule has 0 bridgehead atoms. The van der Waals surface area contributed by atoms with Crippen molar-refractivity contribution in [2.75, 3.05) is 0 Å². The molecule has 0 amide bonds. The summed E-state index contributed by atoms with van der Waals surface area (Å²) in [5.74, 6) is -0.373. The van der Waals surface area contributed by atoms with Gasteiger partial charge in [0.25, 0.3) is 0 Å². The van der Waals surface area contributed by atoms with Crippen LogP contribution in [0.15, 0.2) is 18.8 Å². The van der Waals surface area contributed by atoms with Crippen LogP contribution in [0.5, 0.6) is 0 Å². The molecular weight excluding hydrogens is 119 g/mol. The second-order valence-corrected chi connectivity index (χ2v) is 1.80. The lowest BCUT2D eigenvalue weighted by molar-refractivity contribution is 0.541. The third-order valence-corrected chi connectivity index (χ3v) is 0.958. The van der Waals surface area contributed by atoms with Crippen LogP contribution >= 0.6 is 0 Å². The Labute approximate surface area is 52.6 Å². The molecule has 3 heteroatoms. The van der Waals surface area contributed by atoms with Crippen LogP contribution in [0.1, 0.15) is 6.92 Å². The molecule has 0 saturated heterocycles. The summed E-state index contributed by atoms with van der Waals surface area (Å²) in [6.45, 7) is 5.21. The molecule has 1 rings (SSSR count). The van der Waals surface area contributed by atoms with Gasteiger partial charge < -0.3 is 0 Å². The Morgan fingerprint density at radius 2 is 2.56 bits per heavy atom. The fourth-order valence-corrected chi connectivity index (χ4v) is 0.568. The first kappa shape index (κ1) is 6.01. The maximum Gasteiger partial charge on any atom is 0.215 e. The second kappa shape index (κ2) is 2.01. The first-order valence-electron chi connectivity index (χ1n) is 2.57. The van der Waals surface area contributed by atoms with E-state index in [0.717, 1.165) is 4.68 Å². The number of rotatable bonds is 1. The lowest BCUT2D eigenvalue weighted by Crippen LogP contribution is -1.96. The average molecular weight is 126 g/mol. The van der Waals surface area contributed by atoms with Crippen molar-refractivity contribution >= 4 is 5.70 Å². The minimum absolute atomic E-state index is 0.373. The van der Waals surface area contributed by atoms with E-state index in [1.54, 1.807) is 6.92 Å². The van der Waals surface area contributed by atoms with E-state index in [4.69, 9.17) is 0 Å². The smallest absolute Gasteiger partial charge is 0.212 e. The predicted octanol–water partition coefficient (Wildman–Crippen LogP) is 1.51. The Bertz CT molecular complexity index is 227. The van der Waals surface area contributed by atoms with Gasteiger partial charge in [0.2, 0.25) is 5.95 Å². The van der Waals surface area contributed by atoms with Gasteiger partial charge in [-0.05, 0) is 6.92 Å². The molecule has 1 aromatic rings. The Morgan fingerprint density at radius 1 is 1.89 bits per heavy atom. The summed E-state index contributed by atoms with van der Waals surface area (Å²) in [6, 6.07) is 1.29. The van der Waals surface area contributed by atoms with Crippen molar-refractivity contribution < 1.29 is 4.39 Å². The van der Waals surface area contributed by atoms with Gasteiger partial charge in [0.15, 0.2) is 0 Å². The molecule has 9 heavy (non-hydrogen) atoms. The highest BCUT2D eigenvalue weighted by atomic mass is 19.1. The standard InChI is InChI=1S/C6H7FN2/c1-5(2)9-6(7)3-4-8-9/h3-4H,1H2,2H3. The molecule has 0 aromatic carbocycles. The van der Waals surface area contributed by atoms with Crippen molar-refractivity contribution in [1.82, 2.24) is 9.78 Å². The number of allylic oxidation sites excluding steroid dienone is 1. The predicted molar refractivity (Wildman–Crippen MR) is 33.2 cm³/mol. The van der Waals surface area contributed by atoms with Crippen molar-refractivity contribution in [3.63, 3.8) is 0 Å². The number of halogens is 1. The highest BCUT2D eigenvalue weighted by Gasteiger charge is 1.97. The molecule has 0 N–H and O–H groups in total. The summed E-state index contributed by atoms with van der Waals surface area (Å²) in [6.07, 6.45) is 1.39. The van der Waals surface area contributed by atoms with Crippen LogP contribution in [-0.2, 0) is 0 Å². The summed E-state index contributed by atoms with van der Waals surface area (Å²) in [4.78, 5) is 0. The maximum atomic E-state index is 12.4. The molecule has 1 aromatic heterocycles. The van der Waals surface area contributed by atoms with Crippen LogP contribution < -0.4 is 0 Å². The summed E-state index contributed by atoms with van der Waals surface area (Å²) < 4.78 is 13.6. The van der Waals surface area contributed by atoms with E-state index in [1.165, 1.54) is 12.3 Å². The quantitative estimate of drug-likeness (QED) is 0.557. The van der Waals surface area contributed by atoms with E-state index in [9.17, 15) is 4.39 Å². The van der Waals surface area contributed by atoms with Gasteiger partial charge in [-0.25, -0.2) is 4.68 Å². The van der Waals surface area contributed by atoms with E-state index < -0.39 is 0 Å². The van der Waals surface area contributed by atoms with Gasteiger partial charge in [-0.15, -0.1) is 0 Å². The fraction of sp³-hybridized carbons (Fsp3) is 0.167. The van der Waals surface area contributed by atoms with Crippen LogP contribution in [0.4, 0.5) is 4.39 Å². The van der Waals surface area contributed by atoms with Crippen molar-refractivity contribution in [1.29, 1.82) is 0 Å². The van der Waals surface area contributed by atoms with E-state index in [2.05, 4.69) is 11.7 Å². The fourth-order valence-electron chi connectivity index (χ4n) is 0.568.